The summed E-state index contributed by atoms with van der Waals surface area (Å²) in [6, 6.07) is 5.68. The van der Waals surface area contributed by atoms with Crippen molar-refractivity contribution in [3.63, 3.8) is 0 Å². The van der Waals surface area contributed by atoms with E-state index in [0.717, 1.165) is 0 Å². The maximum absolute atomic E-state index is 12.0. The first-order chi connectivity index (χ1) is 12.0. The van der Waals surface area contributed by atoms with Gasteiger partial charge in [-0.05, 0) is 26.0 Å². The van der Waals surface area contributed by atoms with E-state index in [1.54, 1.807) is 13.8 Å². The van der Waals surface area contributed by atoms with Crippen molar-refractivity contribution >= 4 is 11.7 Å². The number of aryl methyl sites for hydroxylation is 2. The van der Waals surface area contributed by atoms with Crippen molar-refractivity contribution in [3.8, 4) is 11.4 Å². The average molecular weight is 344 g/mol. The zero-order chi connectivity index (χ0) is 18.0. The fraction of sp³-hybridized carbons (Fsp3) is 0.200. The molecule has 0 aliphatic carbocycles. The van der Waals surface area contributed by atoms with Crippen LogP contribution in [0.15, 0.2) is 33.3 Å². The van der Waals surface area contributed by atoms with Gasteiger partial charge in [0.2, 0.25) is 5.82 Å². The Balaban J connectivity index is 1.67. The Bertz CT molecular complexity index is 908. The third-order valence-electron chi connectivity index (χ3n) is 3.37. The van der Waals surface area contributed by atoms with E-state index in [4.69, 9.17) is 13.8 Å². The van der Waals surface area contributed by atoms with E-state index in [2.05, 4.69) is 15.3 Å². The van der Waals surface area contributed by atoms with Crippen molar-refractivity contribution in [1.82, 2.24) is 15.3 Å². The summed E-state index contributed by atoms with van der Waals surface area (Å²) in [4.78, 5) is 26.3. The Hall–Kier alpha value is -3.56. The number of non-ortho nitro benzene ring substituents is 1. The molecule has 3 rings (SSSR count). The van der Waals surface area contributed by atoms with Crippen LogP contribution in [0.3, 0.4) is 0 Å². The molecule has 0 saturated heterocycles. The number of nitrogens with zero attached hydrogens (tertiary/aromatic N) is 4. The normalized spacial score (nSPS) is 10.6. The van der Waals surface area contributed by atoms with Crippen LogP contribution in [0.25, 0.3) is 11.4 Å². The molecule has 3 aromatic rings. The highest BCUT2D eigenvalue weighted by Gasteiger charge is 2.20. The molecule has 0 radical (unpaired) electrons. The van der Waals surface area contributed by atoms with Gasteiger partial charge in [0, 0.05) is 17.7 Å². The van der Waals surface area contributed by atoms with Gasteiger partial charge in [0.05, 0.1) is 10.6 Å². The molecule has 0 unspecified atom stereocenters. The minimum atomic E-state index is -0.605. The lowest BCUT2D eigenvalue weighted by atomic mass is 10.2. The van der Waals surface area contributed by atoms with Crippen LogP contribution in [-0.2, 0) is 11.3 Å². The molecule has 1 aromatic carbocycles. The van der Waals surface area contributed by atoms with Crippen molar-refractivity contribution in [3.05, 3.63) is 57.3 Å². The summed E-state index contributed by atoms with van der Waals surface area (Å²) in [6.45, 7) is 3.02. The van der Waals surface area contributed by atoms with Gasteiger partial charge in [0.1, 0.15) is 11.3 Å². The number of carbonyl (C=O) groups excluding carboxylic acids is 1. The van der Waals surface area contributed by atoms with Gasteiger partial charge in [0.25, 0.3) is 11.6 Å². The fourth-order valence-electron chi connectivity index (χ4n) is 2.14. The minimum Gasteiger partial charge on any atom is -0.452 e. The number of hydrogen-bond donors (Lipinski definition) is 0. The number of nitro benzene ring substituents is 1. The van der Waals surface area contributed by atoms with Gasteiger partial charge in [-0.3, -0.25) is 10.1 Å². The molecule has 0 N–H and O–H groups in total. The van der Waals surface area contributed by atoms with E-state index in [-0.39, 0.29) is 29.6 Å². The lowest BCUT2D eigenvalue weighted by Gasteiger charge is -2.00. The Kier molecular flexibility index (Phi) is 4.25. The Morgan fingerprint density at radius 3 is 2.52 bits per heavy atom. The van der Waals surface area contributed by atoms with E-state index < -0.39 is 10.9 Å². The fourth-order valence-corrected chi connectivity index (χ4v) is 2.14. The molecule has 2 heterocycles. The maximum atomic E-state index is 12.0. The summed E-state index contributed by atoms with van der Waals surface area (Å²) in [7, 11) is 0. The SMILES string of the molecule is Cc1noc(C)c1C(=O)OCc1nc(-c2ccc([N+](=O)[O-])cc2)no1. The molecule has 0 bridgehead atoms. The average Bonchev–Trinajstić information content (AvgIpc) is 3.20. The number of esters is 1. The Labute approximate surface area is 140 Å². The van der Waals surface area contributed by atoms with Crippen LogP contribution < -0.4 is 0 Å². The van der Waals surface area contributed by atoms with Gasteiger partial charge in [-0.2, -0.15) is 4.98 Å². The van der Waals surface area contributed by atoms with Gasteiger partial charge in [-0.25, -0.2) is 4.79 Å². The minimum absolute atomic E-state index is 0.0409. The first-order valence-electron chi connectivity index (χ1n) is 7.13. The molecule has 0 saturated carbocycles. The third kappa shape index (κ3) is 3.37. The quantitative estimate of drug-likeness (QED) is 0.388. The third-order valence-corrected chi connectivity index (χ3v) is 3.37. The molecule has 0 aliphatic heterocycles. The second-order valence-electron chi connectivity index (χ2n) is 5.09. The molecule has 25 heavy (non-hydrogen) atoms. The number of ether oxygens (including phenoxy) is 1. The van der Waals surface area contributed by atoms with Gasteiger partial charge >= 0.3 is 5.97 Å². The zero-order valence-corrected chi connectivity index (χ0v) is 13.3. The molecule has 0 aliphatic rings. The number of nitro groups is 1. The van der Waals surface area contributed by atoms with Crippen molar-refractivity contribution in [2.45, 2.75) is 20.5 Å². The summed E-state index contributed by atoms with van der Waals surface area (Å²) in [5.41, 5.74) is 1.19. The molecule has 0 atom stereocenters. The second-order valence-corrected chi connectivity index (χ2v) is 5.09. The number of hydrogen-bond acceptors (Lipinski definition) is 9. The number of aromatic nitrogens is 3. The number of carbonyl (C=O) groups is 1. The molecule has 10 nitrogen and oxygen atoms in total. The van der Waals surface area contributed by atoms with Crippen LogP contribution in [-0.4, -0.2) is 26.2 Å². The monoisotopic (exact) mass is 344 g/mol. The summed E-state index contributed by atoms with van der Waals surface area (Å²) >= 11 is 0. The van der Waals surface area contributed by atoms with Gasteiger partial charge < -0.3 is 13.8 Å². The van der Waals surface area contributed by atoms with Crippen LogP contribution in [0.1, 0.15) is 27.7 Å². The first-order valence-corrected chi connectivity index (χ1v) is 7.13. The standard InChI is InChI=1S/C15H12N4O6/c1-8-13(9(2)24-17-8)15(20)23-7-12-16-14(18-25-12)10-3-5-11(6-4-10)19(21)22/h3-6H,7H2,1-2H3. The lowest BCUT2D eigenvalue weighted by Crippen LogP contribution is -2.07. The zero-order valence-electron chi connectivity index (χ0n) is 13.3. The molecule has 2 aromatic heterocycles. The van der Waals surface area contributed by atoms with E-state index >= 15 is 0 Å². The van der Waals surface area contributed by atoms with Crippen LogP contribution >= 0.6 is 0 Å². The van der Waals surface area contributed by atoms with Gasteiger partial charge in [-0.15, -0.1) is 0 Å². The lowest BCUT2D eigenvalue weighted by molar-refractivity contribution is -0.384. The smallest absolute Gasteiger partial charge is 0.344 e. The van der Waals surface area contributed by atoms with Gasteiger partial charge in [0.15, 0.2) is 6.61 Å². The second kappa shape index (κ2) is 6.51. The largest absolute Gasteiger partial charge is 0.452 e. The molecule has 128 valence electrons. The highest BCUT2D eigenvalue weighted by atomic mass is 16.6. The van der Waals surface area contributed by atoms with Crippen LogP contribution in [0.2, 0.25) is 0 Å². The molecular formula is C15H12N4O6. The van der Waals surface area contributed by atoms with Crippen molar-refractivity contribution in [2.75, 3.05) is 0 Å². The Morgan fingerprint density at radius 1 is 1.20 bits per heavy atom. The molecule has 0 amide bonds. The predicted molar refractivity (Wildman–Crippen MR) is 81.5 cm³/mol. The molecule has 10 heteroatoms. The summed E-state index contributed by atoms with van der Waals surface area (Å²) in [5.74, 6) is 0.0812. The van der Waals surface area contributed by atoms with Crippen molar-refractivity contribution in [2.24, 2.45) is 0 Å². The van der Waals surface area contributed by atoms with E-state index in [9.17, 15) is 14.9 Å². The van der Waals surface area contributed by atoms with Gasteiger partial charge in [-0.1, -0.05) is 10.3 Å². The van der Waals surface area contributed by atoms with E-state index in [1.165, 1.54) is 24.3 Å². The summed E-state index contributed by atoms with van der Waals surface area (Å²) in [6.07, 6.45) is 0. The van der Waals surface area contributed by atoms with Crippen LogP contribution in [0, 0.1) is 24.0 Å². The highest BCUT2D eigenvalue weighted by molar-refractivity contribution is 5.91. The topological polar surface area (TPSA) is 134 Å². The highest BCUT2D eigenvalue weighted by Crippen LogP contribution is 2.20. The number of rotatable bonds is 5. The van der Waals surface area contributed by atoms with E-state index in [0.29, 0.717) is 17.0 Å². The Morgan fingerprint density at radius 2 is 1.92 bits per heavy atom. The maximum Gasteiger partial charge on any atom is 0.344 e. The van der Waals surface area contributed by atoms with E-state index in [1.807, 2.05) is 0 Å². The molecule has 0 spiro atoms. The summed E-state index contributed by atoms with van der Waals surface area (Å²) in [5, 5.41) is 18.1. The molecule has 0 fully saturated rings. The molecular weight excluding hydrogens is 332 g/mol. The van der Waals surface area contributed by atoms with Crippen molar-refractivity contribution < 1.29 is 23.5 Å². The van der Waals surface area contributed by atoms with Crippen LogP contribution in [0.5, 0.6) is 0 Å². The predicted octanol–water partition coefficient (Wildman–Crippen LogP) is 2.61. The van der Waals surface area contributed by atoms with Crippen LogP contribution in [0.4, 0.5) is 5.69 Å². The van der Waals surface area contributed by atoms with Crippen molar-refractivity contribution in [1.29, 1.82) is 0 Å². The number of benzene rings is 1. The first kappa shape index (κ1) is 16.3. The summed E-state index contributed by atoms with van der Waals surface area (Å²) < 4.78 is 15.0.